The van der Waals surface area contributed by atoms with E-state index in [2.05, 4.69) is 9.88 Å². The van der Waals surface area contributed by atoms with Gasteiger partial charge in [0.2, 0.25) is 10.0 Å². The van der Waals surface area contributed by atoms with Gasteiger partial charge in [0.15, 0.2) is 5.13 Å². The molecule has 1 fully saturated rings. The number of hydrogen-bond donors (Lipinski definition) is 0. The molecule has 1 aromatic heterocycles. The van der Waals surface area contributed by atoms with Crippen molar-refractivity contribution >= 4 is 66.6 Å². The molecule has 3 aromatic rings. The van der Waals surface area contributed by atoms with Gasteiger partial charge in [-0.15, -0.1) is 12.4 Å². The molecular formula is C24H30Cl2N4O3S2. The molecule has 1 amide bonds. The maximum atomic E-state index is 13.5. The van der Waals surface area contributed by atoms with E-state index in [4.69, 9.17) is 11.6 Å². The Morgan fingerprint density at radius 2 is 1.74 bits per heavy atom. The van der Waals surface area contributed by atoms with E-state index in [0.29, 0.717) is 35.4 Å². The average Bonchev–Trinajstić information content (AvgIpc) is 3.24. The second kappa shape index (κ2) is 12.0. The van der Waals surface area contributed by atoms with E-state index in [1.807, 2.05) is 26.2 Å². The first kappa shape index (κ1) is 27.8. The van der Waals surface area contributed by atoms with Gasteiger partial charge in [0.05, 0.1) is 15.1 Å². The van der Waals surface area contributed by atoms with Gasteiger partial charge >= 0.3 is 0 Å². The van der Waals surface area contributed by atoms with Crippen molar-refractivity contribution in [3.8, 4) is 0 Å². The maximum absolute atomic E-state index is 13.5. The number of piperidine rings is 1. The topological polar surface area (TPSA) is 73.8 Å². The van der Waals surface area contributed by atoms with Crippen molar-refractivity contribution in [2.24, 2.45) is 0 Å². The minimum Gasteiger partial charge on any atom is -0.309 e. The number of thiazole rings is 1. The van der Waals surface area contributed by atoms with Gasteiger partial charge in [-0.25, -0.2) is 13.4 Å². The number of anilines is 1. The van der Waals surface area contributed by atoms with E-state index in [-0.39, 0.29) is 23.2 Å². The molecule has 1 aliphatic rings. The number of halogens is 2. The highest BCUT2D eigenvalue weighted by molar-refractivity contribution is 7.89. The summed E-state index contributed by atoms with van der Waals surface area (Å²) < 4.78 is 28.4. The van der Waals surface area contributed by atoms with E-state index < -0.39 is 10.0 Å². The monoisotopic (exact) mass is 556 g/mol. The van der Waals surface area contributed by atoms with Crippen molar-refractivity contribution in [3.63, 3.8) is 0 Å². The summed E-state index contributed by atoms with van der Waals surface area (Å²) in [5.41, 5.74) is 1.22. The molecule has 0 radical (unpaired) electrons. The number of amides is 1. The molecule has 0 aliphatic carbocycles. The minimum atomic E-state index is -3.54. The van der Waals surface area contributed by atoms with Crippen LogP contribution in [0.4, 0.5) is 5.13 Å². The summed E-state index contributed by atoms with van der Waals surface area (Å²) in [6.45, 7) is 2.42. The highest BCUT2D eigenvalue weighted by atomic mass is 35.5. The summed E-state index contributed by atoms with van der Waals surface area (Å²) in [5.74, 6) is -0.203. The predicted molar refractivity (Wildman–Crippen MR) is 146 cm³/mol. The summed E-state index contributed by atoms with van der Waals surface area (Å²) in [7, 11) is 0.445. The fourth-order valence-corrected chi connectivity index (χ4v) is 6.79. The lowest BCUT2D eigenvalue weighted by molar-refractivity contribution is 0.0986. The first-order chi connectivity index (χ1) is 16.3. The van der Waals surface area contributed by atoms with E-state index in [9.17, 15) is 13.2 Å². The van der Waals surface area contributed by atoms with Crippen LogP contribution in [0.5, 0.6) is 0 Å². The zero-order valence-electron chi connectivity index (χ0n) is 19.8. The molecule has 0 bridgehead atoms. The number of carbonyl (C=O) groups excluding carboxylic acids is 1. The van der Waals surface area contributed by atoms with Crippen molar-refractivity contribution in [1.82, 2.24) is 14.2 Å². The van der Waals surface area contributed by atoms with E-state index in [0.717, 1.165) is 42.4 Å². The van der Waals surface area contributed by atoms with Gasteiger partial charge in [0.1, 0.15) is 0 Å². The summed E-state index contributed by atoms with van der Waals surface area (Å²) in [4.78, 5) is 22.2. The summed E-state index contributed by atoms with van der Waals surface area (Å²) in [6.07, 6.45) is 3.59. The maximum Gasteiger partial charge on any atom is 0.260 e. The normalized spacial score (nSPS) is 14.7. The molecule has 11 heteroatoms. The molecule has 0 saturated carbocycles. The van der Waals surface area contributed by atoms with Crippen molar-refractivity contribution < 1.29 is 13.2 Å². The lowest BCUT2D eigenvalue weighted by Gasteiger charge is -2.26. The van der Waals surface area contributed by atoms with E-state index >= 15 is 0 Å². The fraction of sp³-hybridized carbons (Fsp3) is 0.417. The third-order valence-electron chi connectivity index (χ3n) is 5.86. The Kier molecular flexibility index (Phi) is 9.53. The number of sulfonamides is 1. The van der Waals surface area contributed by atoms with Gasteiger partial charge < -0.3 is 4.90 Å². The van der Waals surface area contributed by atoms with Gasteiger partial charge in [-0.1, -0.05) is 29.4 Å². The molecular weight excluding hydrogens is 527 g/mol. The lowest BCUT2D eigenvalue weighted by Crippen LogP contribution is -2.35. The molecule has 4 rings (SSSR count). The Morgan fingerprint density at radius 1 is 1.06 bits per heavy atom. The second-order valence-corrected chi connectivity index (χ2v) is 12.1. The Hall–Kier alpha value is -1.75. The number of benzene rings is 2. The van der Waals surface area contributed by atoms with Gasteiger partial charge in [-0.3, -0.25) is 9.69 Å². The quantitative estimate of drug-likeness (QED) is 0.383. The third kappa shape index (κ3) is 6.53. The van der Waals surface area contributed by atoms with Crippen LogP contribution in [0.15, 0.2) is 47.4 Å². The largest absolute Gasteiger partial charge is 0.309 e. The fourth-order valence-electron chi connectivity index (χ4n) is 4.01. The van der Waals surface area contributed by atoms with Crippen LogP contribution >= 0.6 is 35.3 Å². The summed E-state index contributed by atoms with van der Waals surface area (Å²) in [5, 5.41) is 1.23. The van der Waals surface area contributed by atoms with Crippen LogP contribution in [0.3, 0.4) is 0 Å². The van der Waals surface area contributed by atoms with Crippen LogP contribution in [0.1, 0.15) is 36.0 Å². The summed E-state index contributed by atoms with van der Waals surface area (Å²) in [6, 6.07) is 11.7. The number of carbonyl (C=O) groups is 1. The molecule has 2 aromatic carbocycles. The lowest BCUT2D eigenvalue weighted by atomic mass is 10.2. The molecule has 1 saturated heterocycles. The zero-order chi connectivity index (χ0) is 24.3. The van der Waals surface area contributed by atoms with Crippen LogP contribution in [0, 0.1) is 0 Å². The smallest absolute Gasteiger partial charge is 0.260 e. The first-order valence-electron chi connectivity index (χ1n) is 11.4. The number of rotatable bonds is 8. The predicted octanol–water partition coefficient (Wildman–Crippen LogP) is 5.14. The number of nitrogens with zero attached hydrogens (tertiary/aromatic N) is 4. The van der Waals surface area contributed by atoms with Crippen LogP contribution in [-0.4, -0.2) is 68.8 Å². The molecule has 2 heterocycles. The molecule has 0 unspecified atom stereocenters. The minimum absolute atomic E-state index is 0. The number of aromatic nitrogens is 1. The van der Waals surface area contributed by atoms with Gasteiger partial charge in [0, 0.05) is 30.2 Å². The van der Waals surface area contributed by atoms with Crippen LogP contribution in [0.2, 0.25) is 5.02 Å². The number of fused-ring (bicyclic) bond motifs is 1. The molecule has 0 atom stereocenters. The van der Waals surface area contributed by atoms with E-state index in [1.165, 1.54) is 27.8 Å². The van der Waals surface area contributed by atoms with Gasteiger partial charge in [-0.2, -0.15) is 4.31 Å². The second-order valence-electron chi connectivity index (χ2n) is 8.71. The first-order valence-corrected chi connectivity index (χ1v) is 14.0. The third-order valence-corrected chi connectivity index (χ3v) is 9.05. The molecule has 35 heavy (non-hydrogen) atoms. The van der Waals surface area contributed by atoms with Crippen molar-refractivity contribution in [2.75, 3.05) is 45.2 Å². The Morgan fingerprint density at radius 3 is 2.40 bits per heavy atom. The molecule has 190 valence electrons. The molecule has 1 aliphatic heterocycles. The molecule has 0 N–H and O–H groups in total. The van der Waals surface area contributed by atoms with E-state index in [1.54, 1.807) is 23.1 Å². The highest BCUT2D eigenvalue weighted by Crippen LogP contribution is 2.32. The molecule has 0 spiro atoms. The summed E-state index contributed by atoms with van der Waals surface area (Å²) >= 11 is 7.55. The Balaban J connectivity index is 0.00000342. The Bertz CT molecular complexity index is 1260. The SMILES string of the molecule is CN(C)CCCN(C(=O)c1ccc(S(=O)(=O)N2CCCCC2)cc1)c1nc2ccc(Cl)cc2s1.Cl. The average molecular weight is 558 g/mol. The number of hydrogen-bond acceptors (Lipinski definition) is 6. The van der Waals surface area contributed by atoms with Crippen molar-refractivity contribution in [1.29, 1.82) is 0 Å². The molecule has 7 nitrogen and oxygen atoms in total. The van der Waals surface area contributed by atoms with Crippen LogP contribution < -0.4 is 4.90 Å². The van der Waals surface area contributed by atoms with Crippen molar-refractivity contribution in [3.05, 3.63) is 53.1 Å². The van der Waals surface area contributed by atoms with Crippen LogP contribution in [0.25, 0.3) is 10.2 Å². The van der Waals surface area contributed by atoms with Crippen molar-refractivity contribution in [2.45, 2.75) is 30.6 Å². The zero-order valence-corrected chi connectivity index (χ0v) is 23.0. The van der Waals surface area contributed by atoms with Crippen LogP contribution in [-0.2, 0) is 10.0 Å². The Labute approximate surface area is 222 Å². The standard InChI is InChI=1S/C24H29ClN4O3S2.ClH/c1-27(2)13-6-16-29(24-26-21-12-9-19(25)17-22(21)33-24)23(30)18-7-10-20(11-8-18)34(31,32)28-14-4-3-5-15-28;/h7-12,17H,3-6,13-16H2,1-2H3;1H. The van der Waals surface area contributed by atoms with Gasteiger partial charge in [-0.05, 0) is 82.4 Å². The van der Waals surface area contributed by atoms with Gasteiger partial charge in [0.25, 0.3) is 5.91 Å². The highest BCUT2D eigenvalue weighted by Gasteiger charge is 2.27.